The Kier molecular flexibility index (Phi) is 7.69. The van der Waals surface area contributed by atoms with Crippen LogP contribution in [0, 0.1) is 0 Å². The molecular formula is C29H31NO5S2. The summed E-state index contributed by atoms with van der Waals surface area (Å²) >= 11 is 1.21. The number of thiophene rings is 1. The minimum Gasteiger partial charge on any atom is -0.497 e. The number of sulfone groups is 1. The zero-order valence-electron chi connectivity index (χ0n) is 21.1. The number of rotatable bonds is 9. The van der Waals surface area contributed by atoms with Crippen LogP contribution < -0.4 is 14.2 Å². The van der Waals surface area contributed by atoms with Crippen LogP contribution in [0.2, 0.25) is 0 Å². The lowest BCUT2D eigenvalue weighted by Crippen LogP contribution is -2.33. The number of ether oxygens (including phenoxy) is 3. The zero-order chi connectivity index (χ0) is 25.8. The van der Waals surface area contributed by atoms with Crippen molar-refractivity contribution in [2.24, 2.45) is 0 Å². The molecule has 0 spiro atoms. The van der Waals surface area contributed by atoms with Gasteiger partial charge in [0, 0.05) is 29.1 Å². The van der Waals surface area contributed by atoms with Crippen molar-refractivity contribution in [2.75, 3.05) is 39.6 Å². The third-order valence-corrected chi connectivity index (χ3v) is 9.37. The molecule has 4 aromatic rings. The Labute approximate surface area is 222 Å². The van der Waals surface area contributed by atoms with Crippen molar-refractivity contribution >= 4 is 31.9 Å². The molecule has 8 heteroatoms. The molecule has 1 aromatic heterocycles. The first-order chi connectivity index (χ1) is 17.9. The molecule has 0 saturated carbocycles. The summed E-state index contributed by atoms with van der Waals surface area (Å²) in [6, 6.07) is 19.1. The summed E-state index contributed by atoms with van der Waals surface area (Å²) in [5.41, 5.74) is 1.63. The average Bonchev–Trinajstić information content (AvgIpc) is 3.41. The van der Waals surface area contributed by atoms with E-state index in [0.29, 0.717) is 22.3 Å². The molecule has 5 rings (SSSR count). The van der Waals surface area contributed by atoms with E-state index in [1.165, 1.54) is 36.9 Å². The van der Waals surface area contributed by atoms with E-state index in [2.05, 4.69) is 4.90 Å². The number of piperidine rings is 1. The van der Waals surface area contributed by atoms with Crippen molar-refractivity contribution in [2.45, 2.75) is 23.5 Å². The normalized spacial score (nSPS) is 14.5. The molecule has 1 aliphatic heterocycles. The number of nitrogens with zero attached hydrogens (tertiary/aromatic N) is 1. The van der Waals surface area contributed by atoms with Crippen LogP contribution in [-0.2, 0) is 9.84 Å². The molecule has 6 nitrogen and oxygen atoms in total. The second-order valence-electron chi connectivity index (χ2n) is 9.28. The third-order valence-electron chi connectivity index (χ3n) is 6.60. The number of benzene rings is 3. The van der Waals surface area contributed by atoms with Crippen molar-refractivity contribution in [3.63, 3.8) is 0 Å². The third kappa shape index (κ3) is 6.09. The highest BCUT2D eigenvalue weighted by molar-refractivity contribution is 7.92. The van der Waals surface area contributed by atoms with E-state index < -0.39 is 9.84 Å². The fourth-order valence-electron chi connectivity index (χ4n) is 4.59. The summed E-state index contributed by atoms with van der Waals surface area (Å²) in [4.78, 5) is 2.46. The van der Waals surface area contributed by atoms with E-state index in [1.54, 1.807) is 13.2 Å². The van der Waals surface area contributed by atoms with Crippen molar-refractivity contribution in [1.82, 2.24) is 4.90 Å². The molecule has 37 heavy (non-hydrogen) atoms. The summed E-state index contributed by atoms with van der Waals surface area (Å²) in [6.07, 6.45) is 5.10. The quantitative estimate of drug-likeness (QED) is 0.239. The van der Waals surface area contributed by atoms with Crippen molar-refractivity contribution in [3.05, 3.63) is 66.0 Å². The summed E-state index contributed by atoms with van der Waals surface area (Å²) < 4.78 is 42.3. The van der Waals surface area contributed by atoms with Crippen LogP contribution in [0.1, 0.15) is 19.3 Å². The molecule has 1 aliphatic rings. The summed E-state index contributed by atoms with van der Waals surface area (Å²) in [7, 11) is -1.65. The Hall–Kier alpha value is -3.07. The van der Waals surface area contributed by atoms with Gasteiger partial charge in [-0.15, -0.1) is 11.3 Å². The number of methoxy groups -OCH3 is 1. The monoisotopic (exact) mass is 537 g/mol. The van der Waals surface area contributed by atoms with Crippen LogP contribution in [0.25, 0.3) is 21.9 Å². The first kappa shape index (κ1) is 25.6. The molecule has 1 fully saturated rings. The predicted molar refractivity (Wildman–Crippen MR) is 149 cm³/mol. The van der Waals surface area contributed by atoms with E-state index >= 15 is 0 Å². The first-order valence-electron chi connectivity index (χ1n) is 12.4. The van der Waals surface area contributed by atoms with E-state index in [1.807, 2.05) is 60.0 Å². The molecule has 0 unspecified atom stereocenters. The van der Waals surface area contributed by atoms with Crippen molar-refractivity contribution in [3.8, 4) is 34.1 Å². The second-order valence-corrected chi connectivity index (χ2v) is 12.4. The number of hydrogen-bond donors (Lipinski definition) is 0. The van der Waals surface area contributed by atoms with Gasteiger partial charge in [-0.3, -0.25) is 4.90 Å². The highest BCUT2D eigenvalue weighted by atomic mass is 32.2. The van der Waals surface area contributed by atoms with Gasteiger partial charge in [0.2, 0.25) is 0 Å². The minimum atomic E-state index is -3.29. The average molecular weight is 538 g/mol. The summed E-state index contributed by atoms with van der Waals surface area (Å²) in [6.45, 7) is 3.92. The van der Waals surface area contributed by atoms with Gasteiger partial charge in [0.15, 0.2) is 9.84 Å². The molecule has 2 heterocycles. The van der Waals surface area contributed by atoms with Crippen molar-refractivity contribution < 1.29 is 22.6 Å². The topological polar surface area (TPSA) is 65.1 Å². The predicted octanol–water partition coefficient (Wildman–Crippen LogP) is 6.64. The molecule has 3 aromatic carbocycles. The SMILES string of the molecule is COc1ccc2c(Oc3ccc(OCCN4CCCCC4)cc3)c(-c3csc(S(C)(=O)=O)c3)ccc2c1. The molecule has 0 aliphatic carbocycles. The van der Waals surface area contributed by atoms with Gasteiger partial charge in [-0.25, -0.2) is 8.42 Å². The van der Waals surface area contributed by atoms with E-state index in [-0.39, 0.29) is 0 Å². The lowest BCUT2D eigenvalue weighted by atomic mass is 10.0. The van der Waals surface area contributed by atoms with Crippen molar-refractivity contribution in [1.29, 1.82) is 0 Å². The van der Waals surface area contributed by atoms with E-state index in [4.69, 9.17) is 14.2 Å². The van der Waals surface area contributed by atoms with Gasteiger partial charge in [-0.2, -0.15) is 0 Å². The lowest BCUT2D eigenvalue weighted by Gasteiger charge is -2.26. The van der Waals surface area contributed by atoms with Gasteiger partial charge in [0.1, 0.15) is 33.8 Å². The molecule has 0 atom stereocenters. The Bertz CT molecular complexity index is 1470. The molecule has 0 radical (unpaired) electrons. The Balaban J connectivity index is 1.40. The van der Waals surface area contributed by atoms with Gasteiger partial charge >= 0.3 is 0 Å². The zero-order valence-corrected chi connectivity index (χ0v) is 22.7. The molecule has 0 N–H and O–H groups in total. The van der Waals surface area contributed by atoms with E-state index in [9.17, 15) is 8.42 Å². The summed E-state index contributed by atoms with van der Waals surface area (Å²) in [5, 5.41) is 3.73. The van der Waals surface area contributed by atoms with Crippen LogP contribution in [0.4, 0.5) is 0 Å². The van der Waals surface area contributed by atoms with Crippen LogP contribution in [0.3, 0.4) is 0 Å². The Morgan fingerprint density at radius 1 is 0.892 bits per heavy atom. The number of likely N-dealkylation sites (tertiary alicyclic amines) is 1. The van der Waals surface area contributed by atoms with Gasteiger partial charge < -0.3 is 14.2 Å². The van der Waals surface area contributed by atoms with Crippen LogP contribution in [-0.4, -0.2) is 52.9 Å². The van der Waals surface area contributed by atoms with Crippen LogP contribution >= 0.6 is 11.3 Å². The molecule has 194 valence electrons. The minimum absolute atomic E-state index is 0.328. The fraction of sp³-hybridized carbons (Fsp3) is 0.310. The Morgan fingerprint density at radius 3 is 2.32 bits per heavy atom. The maximum Gasteiger partial charge on any atom is 0.184 e. The van der Waals surface area contributed by atoms with Crippen LogP contribution in [0.15, 0.2) is 70.3 Å². The first-order valence-corrected chi connectivity index (χ1v) is 15.2. The van der Waals surface area contributed by atoms with Gasteiger partial charge in [-0.1, -0.05) is 12.5 Å². The largest absolute Gasteiger partial charge is 0.497 e. The van der Waals surface area contributed by atoms with Gasteiger partial charge in [-0.05, 0) is 91.5 Å². The maximum atomic E-state index is 12.1. The van der Waals surface area contributed by atoms with Gasteiger partial charge in [0.25, 0.3) is 0 Å². The molecular weight excluding hydrogens is 506 g/mol. The molecule has 0 amide bonds. The standard InChI is InChI=1S/C29H31NO5S2/c1-33-25-11-13-26-21(18-25)6-12-27(22-19-28(36-20-22)37(2,31)32)29(26)35-24-9-7-23(8-10-24)34-17-16-30-14-4-3-5-15-30/h6-13,18-20H,3-5,14-17H2,1-2H3. The molecule has 1 saturated heterocycles. The second kappa shape index (κ2) is 11.1. The maximum absolute atomic E-state index is 12.1. The number of hydrogen-bond acceptors (Lipinski definition) is 7. The van der Waals surface area contributed by atoms with Crippen LogP contribution in [0.5, 0.6) is 23.0 Å². The molecule has 0 bridgehead atoms. The summed E-state index contributed by atoms with van der Waals surface area (Å²) in [5.74, 6) is 2.90. The number of fused-ring (bicyclic) bond motifs is 1. The van der Waals surface area contributed by atoms with Gasteiger partial charge in [0.05, 0.1) is 7.11 Å². The lowest BCUT2D eigenvalue weighted by molar-refractivity contribution is 0.183. The highest BCUT2D eigenvalue weighted by Gasteiger charge is 2.17. The highest BCUT2D eigenvalue weighted by Crippen LogP contribution is 2.42. The van der Waals surface area contributed by atoms with E-state index in [0.717, 1.165) is 53.0 Å². The smallest absolute Gasteiger partial charge is 0.184 e. The fourth-order valence-corrected chi connectivity index (χ4v) is 6.41. The Morgan fingerprint density at radius 2 is 1.62 bits per heavy atom.